The molecular formula is C49H40N6O6. The SMILES string of the molecule is O=C(CCOCCOc1ccc(-c2nc(-c3ccccc3)nc(-c3ccccc3)n2)c(O)c1)CCOc1ccc(-c2nc(-c3ccccc3)nc(-c3ccccc3)n2)c(O)c1. The van der Waals surface area contributed by atoms with Gasteiger partial charge in [0, 0.05) is 47.2 Å². The van der Waals surface area contributed by atoms with Crippen molar-refractivity contribution in [2.75, 3.05) is 26.4 Å². The number of nitrogens with zero attached hydrogens (tertiary/aromatic N) is 6. The zero-order valence-corrected chi connectivity index (χ0v) is 33.0. The summed E-state index contributed by atoms with van der Waals surface area (Å²) in [6.07, 6.45) is 0.376. The molecule has 6 aromatic carbocycles. The summed E-state index contributed by atoms with van der Waals surface area (Å²) in [5.41, 5.74) is 4.16. The van der Waals surface area contributed by atoms with Gasteiger partial charge in [0.15, 0.2) is 34.9 Å². The van der Waals surface area contributed by atoms with E-state index in [1.807, 2.05) is 121 Å². The Bertz CT molecular complexity index is 2610. The van der Waals surface area contributed by atoms with Gasteiger partial charge < -0.3 is 24.4 Å². The van der Waals surface area contributed by atoms with Crippen LogP contribution in [-0.2, 0) is 9.53 Å². The van der Waals surface area contributed by atoms with Crippen molar-refractivity contribution in [2.24, 2.45) is 0 Å². The fourth-order valence-electron chi connectivity index (χ4n) is 6.35. The number of ether oxygens (including phenoxy) is 3. The van der Waals surface area contributed by atoms with Crippen LogP contribution in [0.15, 0.2) is 158 Å². The van der Waals surface area contributed by atoms with Crippen LogP contribution in [0, 0.1) is 0 Å². The third-order valence-corrected chi connectivity index (χ3v) is 9.49. The third-order valence-electron chi connectivity index (χ3n) is 9.49. The molecule has 0 fully saturated rings. The van der Waals surface area contributed by atoms with Crippen molar-refractivity contribution < 1.29 is 29.2 Å². The average Bonchev–Trinajstić information content (AvgIpc) is 3.31. The van der Waals surface area contributed by atoms with Crippen LogP contribution in [0.4, 0.5) is 0 Å². The number of phenols is 2. The van der Waals surface area contributed by atoms with Crippen LogP contribution in [0.3, 0.4) is 0 Å². The van der Waals surface area contributed by atoms with E-state index in [2.05, 4.69) is 19.9 Å². The summed E-state index contributed by atoms with van der Waals surface area (Å²) in [6, 6.07) is 48.2. The van der Waals surface area contributed by atoms with Gasteiger partial charge in [-0.25, -0.2) is 29.9 Å². The Kier molecular flexibility index (Phi) is 12.6. The van der Waals surface area contributed by atoms with E-state index in [0.29, 0.717) is 57.6 Å². The Labute approximate surface area is 352 Å². The monoisotopic (exact) mass is 808 g/mol. The lowest BCUT2D eigenvalue weighted by molar-refractivity contribution is -0.120. The molecule has 0 radical (unpaired) electrons. The van der Waals surface area contributed by atoms with Crippen LogP contribution in [0.1, 0.15) is 12.8 Å². The second-order valence-corrected chi connectivity index (χ2v) is 13.8. The molecule has 0 saturated carbocycles. The molecule has 61 heavy (non-hydrogen) atoms. The molecule has 2 heterocycles. The number of ketones is 1. The molecule has 302 valence electrons. The van der Waals surface area contributed by atoms with Crippen LogP contribution in [0.25, 0.3) is 68.3 Å². The largest absolute Gasteiger partial charge is 0.507 e. The van der Waals surface area contributed by atoms with Crippen LogP contribution in [-0.4, -0.2) is 72.3 Å². The molecule has 8 aromatic rings. The Morgan fingerprint density at radius 3 is 1.11 bits per heavy atom. The fourth-order valence-corrected chi connectivity index (χ4v) is 6.35. The molecule has 0 aliphatic heterocycles. The predicted octanol–water partition coefficient (Wildman–Crippen LogP) is 9.29. The van der Waals surface area contributed by atoms with Crippen LogP contribution >= 0.6 is 0 Å². The molecular weight excluding hydrogens is 769 g/mol. The van der Waals surface area contributed by atoms with E-state index in [0.717, 1.165) is 22.3 Å². The highest BCUT2D eigenvalue weighted by Gasteiger charge is 2.17. The molecule has 2 N–H and O–H groups in total. The lowest BCUT2D eigenvalue weighted by Crippen LogP contribution is -2.12. The first-order valence-corrected chi connectivity index (χ1v) is 19.7. The van der Waals surface area contributed by atoms with Crippen molar-refractivity contribution in [3.63, 3.8) is 0 Å². The smallest absolute Gasteiger partial charge is 0.167 e. The molecule has 12 nitrogen and oxygen atoms in total. The standard InChI is InChI=1S/C49H40N6O6/c56-37(26-28-60-38-21-23-40(42(57)31-38)48-52-44(33-13-5-1-6-14-33)50-45(53-48)34-15-7-2-8-16-34)25-27-59-29-30-61-39-22-24-41(43(58)32-39)49-54-46(35-17-9-3-10-18-35)51-47(55-49)36-19-11-4-12-20-36/h1-24,31-32,57-58H,25-30H2. The van der Waals surface area contributed by atoms with Gasteiger partial charge in [-0.05, 0) is 24.3 Å². The molecule has 8 rings (SSSR count). The van der Waals surface area contributed by atoms with E-state index < -0.39 is 0 Å². The number of rotatable bonds is 17. The minimum atomic E-state index is -0.0626. The van der Waals surface area contributed by atoms with Gasteiger partial charge in [0.25, 0.3) is 0 Å². The Morgan fingerprint density at radius 2 is 0.738 bits per heavy atom. The molecule has 2 aromatic heterocycles. The van der Waals surface area contributed by atoms with E-state index in [1.54, 1.807) is 24.3 Å². The molecule has 12 heteroatoms. The van der Waals surface area contributed by atoms with Crippen molar-refractivity contribution in [3.8, 4) is 91.3 Å². The number of Topliss-reactive ketones (excluding diaryl/α,β-unsaturated/α-hetero) is 1. The highest BCUT2D eigenvalue weighted by Crippen LogP contribution is 2.34. The topological polar surface area (TPSA) is 163 Å². The first kappa shape index (κ1) is 40.0. The maximum Gasteiger partial charge on any atom is 0.167 e. The fraction of sp³-hybridized carbons (Fsp3) is 0.122. The number of benzene rings is 6. The summed E-state index contributed by atoms with van der Waals surface area (Å²) >= 11 is 0. The minimum Gasteiger partial charge on any atom is -0.507 e. The van der Waals surface area contributed by atoms with E-state index in [-0.39, 0.29) is 56.6 Å². The summed E-state index contributed by atoms with van der Waals surface area (Å²) in [5.74, 6) is 3.32. The van der Waals surface area contributed by atoms with Gasteiger partial charge in [-0.1, -0.05) is 121 Å². The van der Waals surface area contributed by atoms with E-state index in [4.69, 9.17) is 24.2 Å². The van der Waals surface area contributed by atoms with Crippen LogP contribution in [0.2, 0.25) is 0 Å². The minimum absolute atomic E-state index is 0.0292. The van der Waals surface area contributed by atoms with Crippen LogP contribution < -0.4 is 9.47 Å². The highest BCUT2D eigenvalue weighted by molar-refractivity contribution is 5.78. The van der Waals surface area contributed by atoms with Gasteiger partial charge in [0.1, 0.15) is 35.4 Å². The van der Waals surface area contributed by atoms with E-state index in [9.17, 15) is 15.0 Å². The molecule has 0 unspecified atom stereocenters. The molecule has 0 aliphatic rings. The van der Waals surface area contributed by atoms with Gasteiger partial charge in [0.2, 0.25) is 0 Å². The second kappa shape index (κ2) is 19.3. The summed E-state index contributed by atoms with van der Waals surface area (Å²) in [5, 5.41) is 22.0. The van der Waals surface area contributed by atoms with E-state index in [1.165, 1.54) is 12.1 Å². The van der Waals surface area contributed by atoms with Crippen molar-refractivity contribution >= 4 is 5.78 Å². The summed E-state index contributed by atoms with van der Waals surface area (Å²) < 4.78 is 17.3. The average molecular weight is 809 g/mol. The second-order valence-electron chi connectivity index (χ2n) is 13.8. The van der Waals surface area contributed by atoms with Gasteiger partial charge in [-0.2, -0.15) is 0 Å². The maximum atomic E-state index is 12.6. The summed E-state index contributed by atoms with van der Waals surface area (Å²) in [7, 11) is 0. The molecule has 0 amide bonds. The Balaban J connectivity index is 0.801. The molecule has 0 aliphatic carbocycles. The number of aromatic hydroxyl groups is 2. The third kappa shape index (κ3) is 10.3. The first-order valence-electron chi connectivity index (χ1n) is 19.7. The lowest BCUT2D eigenvalue weighted by atomic mass is 10.1. The molecule has 0 bridgehead atoms. The van der Waals surface area contributed by atoms with Gasteiger partial charge in [-0.3, -0.25) is 4.79 Å². The summed E-state index contributed by atoms with van der Waals surface area (Å²) in [6.45, 7) is 0.807. The van der Waals surface area contributed by atoms with Gasteiger partial charge in [-0.15, -0.1) is 0 Å². The maximum absolute atomic E-state index is 12.6. The van der Waals surface area contributed by atoms with Crippen molar-refractivity contribution in [1.82, 2.24) is 29.9 Å². The quantitative estimate of drug-likeness (QED) is 0.0840. The number of phenolic OH excluding ortho intramolecular Hbond substituents is 2. The van der Waals surface area contributed by atoms with E-state index >= 15 is 0 Å². The van der Waals surface area contributed by atoms with Gasteiger partial charge >= 0.3 is 0 Å². The number of carbonyl (C=O) groups excluding carboxylic acids is 1. The van der Waals surface area contributed by atoms with Gasteiger partial charge in [0.05, 0.1) is 30.9 Å². The molecule has 0 spiro atoms. The van der Waals surface area contributed by atoms with Crippen molar-refractivity contribution in [3.05, 3.63) is 158 Å². The van der Waals surface area contributed by atoms with Crippen molar-refractivity contribution in [2.45, 2.75) is 12.8 Å². The normalized spacial score (nSPS) is 11.0. The Morgan fingerprint density at radius 1 is 0.393 bits per heavy atom. The number of carbonyl (C=O) groups is 1. The lowest BCUT2D eigenvalue weighted by Gasteiger charge is -2.11. The Hall–Kier alpha value is -7.83. The molecule has 0 atom stereocenters. The number of hydrogen-bond acceptors (Lipinski definition) is 12. The number of hydrogen-bond donors (Lipinski definition) is 2. The van der Waals surface area contributed by atoms with Crippen molar-refractivity contribution in [1.29, 1.82) is 0 Å². The highest BCUT2D eigenvalue weighted by atomic mass is 16.5. The zero-order valence-electron chi connectivity index (χ0n) is 33.0. The summed E-state index contributed by atoms with van der Waals surface area (Å²) in [4.78, 5) is 40.7. The zero-order chi connectivity index (χ0) is 41.8. The first-order chi connectivity index (χ1) is 30.0. The predicted molar refractivity (Wildman–Crippen MR) is 232 cm³/mol. The molecule has 0 saturated heterocycles. The number of aromatic nitrogens is 6. The van der Waals surface area contributed by atoms with Crippen LogP contribution in [0.5, 0.6) is 23.0 Å².